The first-order valence-electron chi connectivity index (χ1n) is 9.12. The van der Waals surface area contributed by atoms with Gasteiger partial charge in [0.25, 0.3) is 0 Å². The van der Waals surface area contributed by atoms with E-state index in [2.05, 4.69) is 44.7 Å². The summed E-state index contributed by atoms with van der Waals surface area (Å²) in [6.45, 7) is 9.97. The molecule has 2 rings (SSSR count). The van der Waals surface area contributed by atoms with Gasteiger partial charge in [0, 0.05) is 0 Å². The van der Waals surface area contributed by atoms with Crippen molar-refractivity contribution < 1.29 is 9.47 Å². The van der Waals surface area contributed by atoms with Gasteiger partial charge in [0.15, 0.2) is 5.76 Å². The van der Waals surface area contributed by atoms with E-state index in [1.807, 2.05) is 6.92 Å². The van der Waals surface area contributed by atoms with E-state index in [4.69, 9.17) is 9.47 Å². The van der Waals surface area contributed by atoms with E-state index in [-0.39, 0.29) is 0 Å². The van der Waals surface area contributed by atoms with Crippen molar-refractivity contribution in [2.75, 3.05) is 14.2 Å². The summed E-state index contributed by atoms with van der Waals surface area (Å²) in [5.74, 6) is 1.47. The van der Waals surface area contributed by atoms with Gasteiger partial charge in [-0.25, -0.2) is 0 Å². The standard InChI is InChI=1S/C14H20.C9H14O2/c1-12-6-8-13(9-7-12)14(2)10-4-3-5-11-14;1-5-6-7-9(11-4)8(2)10-3/h6-9H,3-5,10-11H2,1-2H3;5-7H,1H2,2-4H3/b;7-6-,9-8-. The third-order valence-electron chi connectivity index (χ3n) is 4.96. The van der Waals surface area contributed by atoms with Gasteiger partial charge in [-0.15, -0.1) is 0 Å². The molecule has 0 saturated heterocycles. The van der Waals surface area contributed by atoms with Crippen molar-refractivity contribution in [3.05, 3.63) is 71.7 Å². The molecule has 138 valence electrons. The molecule has 25 heavy (non-hydrogen) atoms. The molecule has 0 heterocycles. The minimum Gasteiger partial charge on any atom is -0.498 e. The minimum atomic E-state index is 0.464. The first-order valence-corrected chi connectivity index (χ1v) is 9.12. The molecule has 1 saturated carbocycles. The molecule has 0 aromatic heterocycles. The highest BCUT2D eigenvalue weighted by Crippen LogP contribution is 2.38. The molecule has 0 unspecified atom stereocenters. The van der Waals surface area contributed by atoms with Gasteiger partial charge in [-0.1, -0.05) is 74.7 Å². The topological polar surface area (TPSA) is 18.5 Å². The molecule has 0 radical (unpaired) electrons. The normalized spacial score (nSPS) is 17.2. The van der Waals surface area contributed by atoms with Gasteiger partial charge in [-0.05, 0) is 43.7 Å². The van der Waals surface area contributed by atoms with Crippen molar-refractivity contribution in [2.45, 2.75) is 58.3 Å². The maximum Gasteiger partial charge on any atom is 0.156 e. The fraction of sp³-hybridized carbons (Fsp3) is 0.478. The SMILES string of the molecule is C=C/C=C\C(OC)=C(/C)OC.Cc1ccc(C2(C)CCCCC2)cc1. The Kier molecular flexibility index (Phi) is 9.12. The second kappa shape index (κ2) is 10.8. The second-order valence-corrected chi connectivity index (χ2v) is 6.91. The summed E-state index contributed by atoms with van der Waals surface area (Å²) in [6, 6.07) is 9.13. The van der Waals surface area contributed by atoms with Crippen molar-refractivity contribution in [1.29, 1.82) is 0 Å². The lowest BCUT2D eigenvalue weighted by atomic mass is 9.71. The summed E-state index contributed by atoms with van der Waals surface area (Å²) >= 11 is 0. The van der Waals surface area contributed by atoms with E-state index < -0.39 is 0 Å². The lowest BCUT2D eigenvalue weighted by Gasteiger charge is -2.34. The molecule has 0 N–H and O–H groups in total. The van der Waals surface area contributed by atoms with Crippen LogP contribution >= 0.6 is 0 Å². The van der Waals surface area contributed by atoms with Crippen LogP contribution in [0.15, 0.2) is 60.6 Å². The van der Waals surface area contributed by atoms with Crippen molar-refractivity contribution in [3.63, 3.8) is 0 Å². The predicted molar refractivity (Wildman–Crippen MR) is 108 cm³/mol. The number of hydrogen-bond acceptors (Lipinski definition) is 2. The number of ether oxygens (including phenoxy) is 2. The number of methoxy groups -OCH3 is 2. The third kappa shape index (κ3) is 6.81. The molecule has 2 nitrogen and oxygen atoms in total. The van der Waals surface area contributed by atoms with E-state index >= 15 is 0 Å². The second-order valence-electron chi connectivity index (χ2n) is 6.91. The molecule has 1 aromatic rings. The van der Waals surface area contributed by atoms with Crippen LogP contribution in [0, 0.1) is 6.92 Å². The zero-order chi connectivity index (χ0) is 18.7. The zero-order valence-electron chi connectivity index (χ0n) is 16.6. The van der Waals surface area contributed by atoms with Gasteiger partial charge in [-0.2, -0.15) is 0 Å². The van der Waals surface area contributed by atoms with E-state index in [9.17, 15) is 0 Å². The van der Waals surface area contributed by atoms with E-state index in [1.165, 1.54) is 37.7 Å². The highest BCUT2D eigenvalue weighted by Gasteiger charge is 2.28. The van der Waals surface area contributed by atoms with Crippen molar-refractivity contribution in [1.82, 2.24) is 0 Å². The summed E-state index contributed by atoms with van der Waals surface area (Å²) in [7, 11) is 3.21. The van der Waals surface area contributed by atoms with Crippen LogP contribution in [0.3, 0.4) is 0 Å². The summed E-state index contributed by atoms with van der Waals surface area (Å²) in [6.07, 6.45) is 12.3. The molecule has 0 amide bonds. The lowest BCUT2D eigenvalue weighted by Crippen LogP contribution is -2.24. The Morgan fingerprint density at radius 3 is 2.12 bits per heavy atom. The maximum absolute atomic E-state index is 5.03. The molecule has 0 bridgehead atoms. The fourth-order valence-corrected chi connectivity index (χ4v) is 3.16. The summed E-state index contributed by atoms with van der Waals surface area (Å²) in [5.41, 5.74) is 3.38. The monoisotopic (exact) mass is 342 g/mol. The van der Waals surface area contributed by atoms with Gasteiger partial charge < -0.3 is 9.47 Å². The molecule has 2 heteroatoms. The molecule has 0 aliphatic heterocycles. The van der Waals surface area contributed by atoms with Gasteiger partial charge in [-0.3, -0.25) is 0 Å². The highest BCUT2D eigenvalue weighted by atomic mass is 16.5. The smallest absolute Gasteiger partial charge is 0.156 e. The quantitative estimate of drug-likeness (QED) is 0.451. The average molecular weight is 343 g/mol. The molecular weight excluding hydrogens is 308 g/mol. The number of rotatable bonds is 5. The number of allylic oxidation sites excluding steroid dienone is 4. The highest BCUT2D eigenvalue weighted by molar-refractivity contribution is 5.28. The average Bonchev–Trinajstić information content (AvgIpc) is 2.63. The van der Waals surface area contributed by atoms with Crippen LogP contribution in [-0.2, 0) is 14.9 Å². The predicted octanol–water partition coefficient (Wildman–Crippen LogP) is 6.47. The first kappa shape index (κ1) is 21.1. The minimum absolute atomic E-state index is 0.464. The molecule has 0 atom stereocenters. The van der Waals surface area contributed by atoms with Crippen molar-refractivity contribution in [2.24, 2.45) is 0 Å². The Labute approximate surface area is 154 Å². The summed E-state index contributed by atoms with van der Waals surface area (Å²) in [4.78, 5) is 0. The fourth-order valence-electron chi connectivity index (χ4n) is 3.16. The number of hydrogen-bond donors (Lipinski definition) is 0. The Morgan fingerprint density at radius 2 is 1.64 bits per heavy atom. The zero-order valence-corrected chi connectivity index (χ0v) is 16.6. The molecular formula is C23H34O2. The maximum atomic E-state index is 5.03. The van der Waals surface area contributed by atoms with Gasteiger partial charge in [0.05, 0.1) is 14.2 Å². The summed E-state index contributed by atoms with van der Waals surface area (Å²) in [5, 5.41) is 0. The number of aryl methyl sites for hydroxylation is 1. The van der Waals surface area contributed by atoms with E-state index in [0.29, 0.717) is 11.2 Å². The summed E-state index contributed by atoms with van der Waals surface area (Å²) < 4.78 is 9.99. The van der Waals surface area contributed by atoms with Crippen molar-refractivity contribution >= 4 is 0 Å². The molecule has 1 fully saturated rings. The molecule has 0 spiro atoms. The Balaban J connectivity index is 0.000000260. The van der Waals surface area contributed by atoms with Crippen LogP contribution in [-0.4, -0.2) is 14.2 Å². The van der Waals surface area contributed by atoms with Gasteiger partial charge in [0.2, 0.25) is 0 Å². The van der Waals surface area contributed by atoms with Crippen LogP contribution < -0.4 is 0 Å². The van der Waals surface area contributed by atoms with Crippen molar-refractivity contribution in [3.8, 4) is 0 Å². The Morgan fingerprint density at radius 1 is 1.04 bits per heavy atom. The third-order valence-corrected chi connectivity index (χ3v) is 4.96. The van der Waals surface area contributed by atoms with Crippen LogP contribution in [0.4, 0.5) is 0 Å². The van der Waals surface area contributed by atoms with E-state index in [0.717, 1.165) is 5.76 Å². The largest absolute Gasteiger partial charge is 0.498 e. The van der Waals surface area contributed by atoms with Gasteiger partial charge in [0.1, 0.15) is 5.76 Å². The molecule has 1 aromatic carbocycles. The Bertz CT molecular complexity index is 573. The van der Waals surface area contributed by atoms with Crippen LogP contribution in [0.25, 0.3) is 0 Å². The lowest BCUT2D eigenvalue weighted by molar-refractivity contribution is 0.232. The van der Waals surface area contributed by atoms with Crippen LogP contribution in [0.5, 0.6) is 0 Å². The van der Waals surface area contributed by atoms with Crippen LogP contribution in [0.2, 0.25) is 0 Å². The van der Waals surface area contributed by atoms with Crippen LogP contribution in [0.1, 0.15) is 57.1 Å². The van der Waals surface area contributed by atoms with Gasteiger partial charge >= 0.3 is 0 Å². The first-order chi connectivity index (χ1) is 12.0. The molecule has 1 aliphatic carbocycles. The van der Waals surface area contributed by atoms with E-state index in [1.54, 1.807) is 38.0 Å². The number of benzene rings is 1. The Hall–Kier alpha value is -1.96. The molecule has 1 aliphatic rings.